The number of hydrogen-bond acceptors (Lipinski definition) is 4. The van der Waals surface area contributed by atoms with Gasteiger partial charge in [-0.3, -0.25) is 4.79 Å². The van der Waals surface area contributed by atoms with Crippen LogP contribution in [0.2, 0.25) is 0 Å². The van der Waals surface area contributed by atoms with Crippen LogP contribution >= 0.6 is 0 Å². The monoisotopic (exact) mass is 391 g/mol. The van der Waals surface area contributed by atoms with E-state index in [1.54, 1.807) is 30.3 Å². The maximum atomic E-state index is 12.8. The lowest BCUT2D eigenvalue weighted by Crippen LogP contribution is -2.41. The number of ether oxygens (including phenoxy) is 1. The van der Waals surface area contributed by atoms with Crippen molar-refractivity contribution in [2.75, 3.05) is 18.6 Å². The standard InChI is InChI=1S/C20H16F3NO4/c1-3-24(19(26)20(21,22)23)13-8-9-14(17(11-13)27-2)15-10-12-6-4-5-7-16(12)28-18(15)25/h4-11H,3H2,1-2H3. The molecular formula is C20H16F3NO4. The van der Waals surface area contributed by atoms with Crippen molar-refractivity contribution >= 4 is 22.6 Å². The van der Waals surface area contributed by atoms with E-state index in [0.29, 0.717) is 21.4 Å². The first-order chi connectivity index (χ1) is 13.3. The number of carbonyl (C=O) groups excluding carboxylic acids is 1. The van der Waals surface area contributed by atoms with Gasteiger partial charge in [0, 0.05) is 29.2 Å². The molecule has 0 atom stereocenters. The molecule has 0 aliphatic heterocycles. The van der Waals surface area contributed by atoms with Gasteiger partial charge in [0.1, 0.15) is 11.3 Å². The van der Waals surface area contributed by atoms with Crippen molar-refractivity contribution in [2.24, 2.45) is 0 Å². The minimum Gasteiger partial charge on any atom is -0.496 e. The van der Waals surface area contributed by atoms with Crippen molar-refractivity contribution in [1.82, 2.24) is 0 Å². The summed E-state index contributed by atoms with van der Waals surface area (Å²) >= 11 is 0. The minimum absolute atomic E-state index is 0.00982. The Labute approximate surface area is 157 Å². The average molecular weight is 391 g/mol. The molecule has 1 heterocycles. The molecule has 3 rings (SSSR count). The Bertz CT molecular complexity index is 1090. The Hall–Kier alpha value is -3.29. The van der Waals surface area contributed by atoms with Gasteiger partial charge in [-0.25, -0.2) is 4.79 Å². The molecule has 146 valence electrons. The van der Waals surface area contributed by atoms with E-state index < -0.39 is 17.7 Å². The molecule has 8 heteroatoms. The van der Waals surface area contributed by atoms with Crippen molar-refractivity contribution in [2.45, 2.75) is 13.1 Å². The highest BCUT2D eigenvalue weighted by atomic mass is 19.4. The number of hydrogen-bond donors (Lipinski definition) is 0. The van der Waals surface area contributed by atoms with E-state index in [2.05, 4.69) is 0 Å². The third kappa shape index (κ3) is 3.58. The fourth-order valence-corrected chi connectivity index (χ4v) is 2.92. The maximum Gasteiger partial charge on any atom is 0.471 e. The van der Waals surface area contributed by atoms with Crippen LogP contribution in [0.25, 0.3) is 22.1 Å². The molecule has 0 spiro atoms. The van der Waals surface area contributed by atoms with E-state index in [9.17, 15) is 22.8 Å². The van der Waals surface area contributed by atoms with Crippen LogP contribution in [-0.4, -0.2) is 25.7 Å². The van der Waals surface area contributed by atoms with Crippen molar-refractivity contribution in [3.63, 3.8) is 0 Å². The highest BCUT2D eigenvalue weighted by molar-refractivity contribution is 5.98. The second kappa shape index (κ2) is 7.38. The van der Waals surface area contributed by atoms with Crippen LogP contribution in [-0.2, 0) is 4.79 Å². The summed E-state index contributed by atoms with van der Waals surface area (Å²) in [6.07, 6.45) is -5.00. The number of nitrogens with zero attached hydrogens (tertiary/aromatic N) is 1. The third-order valence-electron chi connectivity index (χ3n) is 4.23. The van der Waals surface area contributed by atoms with Gasteiger partial charge in [0.2, 0.25) is 0 Å². The van der Waals surface area contributed by atoms with Crippen molar-refractivity contribution in [3.8, 4) is 16.9 Å². The SMILES string of the molecule is CCN(C(=O)C(F)(F)F)c1ccc(-c2cc3ccccc3oc2=O)c(OC)c1. The molecule has 0 aliphatic carbocycles. The minimum atomic E-state index is -5.00. The molecule has 0 radical (unpaired) electrons. The Kier molecular flexibility index (Phi) is 5.13. The number of rotatable bonds is 4. The zero-order valence-electron chi connectivity index (χ0n) is 15.0. The third-order valence-corrected chi connectivity index (χ3v) is 4.23. The van der Waals surface area contributed by atoms with E-state index in [-0.39, 0.29) is 23.5 Å². The molecule has 0 unspecified atom stereocenters. The molecular weight excluding hydrogens is 375 g/mol. The summed E-state index contributed by atoms with van der Waals surface area (Å²) in [5.41, 5.74) is 0.368. The highest BCUT2D eigenvalue weighted by Crippen LogP contribution is 2.34. The van der Waals surface area contributed by atoms with Crippen molar-refractivity contribution in [3.05, 3.63) is 59.0 Å². The smallest absolute Gasteiger partial charge is 0.471 e. The second-order valence-electron chi connectivity index (χ2n) is 5.92. The van der Waals surface area contributed by atoms with Gasteiger partial charge in [-0.2, -0.15) is 13.2 Å². The van der Waals surface area contributed by atoms with Crippen LogP contribution in [0.3, 0.4) is 0 Å². The number of methoxy groups -OCH3 is 1. The van der Waals surface area contributed by atoms with Crippen molar-refractivity contribution in [1.29, 1.82) is 0 Å². The molecule has 0 N–H and O–H groups in total. The predicted octanol–water partition coefficient (Wildman–Crippen LogP) is 4.38. The van der Waals surface area contributed by atoms with Gasteiger partial charge >= 0.3 is 17.7 Å². The van der Waals surface area contributed by atoms with E-state index in [1.165, 1.54) is 32.2 Å². The number of halogens is 3. The lowest BCUT2D eigenvalue weighted by Gasteiger charge is -2.23. The van der Waals surface area contributed by atoms with Gasteiger partial charge < -0.3 is 14.1 Å². The van der Waals surface area contributed by atoms with Crippen LogP contribution in [0, 0.1) is 0 Å². The summed E-state index contributed by atoms with van der Waals surface area (Å²) in [5.74, 6) is -1.83. The number of amides is 1. The number of fused-ring (bicyclic) bond motifs is 1. The Morgan fingerprint density at radius 2 is 1.82 bits per heavy atom. The zero-order chi connectivity index (χ0) is 20.5. The Morgan fingerprint density at radius 1 is 1.11 bits per heavy atom. The number of benzene rings is 2. The fraction of sp³-hybridized carbons (Fsp3) is 0.200. The summed E-state index contributed by atoms with van der Waals surface area (Å²) < 4.78 is 49.0. The molecule has 28 heavy (non-hydrogen) atoms. The summed E-state index contributed by atoms with van der Waals surface area (Å²) in [6.45, 7) is 1.25. The maximum absolute atomic E-state index is 12.8. The topological polar surface area (TPSA) is 59.8 Å². The van der Waals surface area contributed by atoms with Gasteiger partial charge in [0.15, 0.2) is 0 Å². The van der Waals surface area contributed by atoms with Gasteiger partial charge in [-0.1, -0.05) is 18.2 Å². The Balaban J connectivity index is 2.11. The normalized spacial score (nSPS) is 11.5. The molecule has 5 nitrogen and oxygen atoms in total. The molecule has 0 saturated carbocycles. The van der Waals surface area contributed by atoms with Gasteiger partial charge in [-0.15, -0.1) is 0 Å². The number of para-hydroxylation sites is 1. The molecule has 0 saturated heterocycles. The number of anilines is 1. The lowest BCUT2D eigenvalue weighted by atomic mass is 10.0. The van der Waals surface area contributed by atoms with E-state index in [1.807, 2.05) is 0 Å². The summed E-state index contributed by atoms with van der Waals surface area (Å²) in [6, 6.07) is 12.6. The van der Waals surface area contributed by atoms with E-state index >= 15 is 0 Å². The van der Waals surface area contributed by atoms with Crippen LogP contribution < -0.4 is 15.3 Å². The van der Waals surface area contributed by atoms with Crippen LogP contribution in [0.5, 0.6) is 5.75 Å². The van der Waals surface area contributed by atoms with Gasteiger partial charge in [0.25, 0.3) is 0 Å². The first-order valence-electron chi connectivity index (χ1n) is 8.36. The van der Waals surface area contributed by atoms with E-state index in [0.717, 1.165) is 0 Å². The van der Waals surface area contributed by atoms with Crippen molar-refractivity contribution < 1.29 is 27.1 Å². The fourth-order valence-electron chi connectivity index (χ4n) is 2.92. The molecule has 0 aliphatic rings. The quantitative estimate of drug-likeness (QED) is 0.619. The first-order valence-corrected chi connectivity index (χ1v) is 8.36. The molecule has 2 aromatic carbocycles. The van der Waals surface area contributed by atoms with E-state index in [4.69, 9.17) is 9.15 Å². The highest BCUT2D eigenvalue weighted by Gasteiger charge is 2.42. The number of carbonyl (C=O) groups is 1. The van der Waals surface area contributed by atoms with Crippen LogP contribution in [0.1, 0.15) is 6.92 Å². The predicted molar refractivity (Wildman–Crippen MR) is 98.6 cm³/mol. The first kappa shape index (κ1) is 19.5. The average Bonchev–Trinajstić information content (AvgIpc) is 2.67. The summed E-state index contributed by atoms with van der Waals surface area (Å²) in [4.78, 5) is 24.6. The lowest BCUT2D eigenvalue weighted by molar-refractivity contribution is -0.170. The second-order valence-corrected chi connectivity index (χ2v) is 5.92. The molecule has 0 fully saturated rings. The summed E-state index contributed by atoms with van der Waals surface area (Å²) in [5, 5.41) is 0.686. The summed E-state index contributed by atoms with van der Waals surface area (Å²) in [7, 11) is 1.33. The molecule has 0 bridgehead atoms. The van der Waals surface area contributed by atoms with Gasteiger partial charge in [0.05, 0.1) is 12.7 Å². The zero-order valence-corrected chi connectivity index (χ0v) is 15.0. The Morgan fingerprint density at radius 3 is 2.46 bits per heavy atom. The molecule has 3 aromatic rings. The number of alkyl halides is 3. The molecule has 1 amide bonds. The largest absolute Gasteiger partial charge is 0.496 e. The van der Waals surface area contributed by atoms with Crippen LogP contribution in [0.4, 0.5) is 18.9 Å². The van der Waals surface area contributed by atoms with Crippen LogP contribution in [0.15, 0.2) is 57.7 Å². The van der Waals surface area contributed by atoms with Gasteiger partial charge in [-0.05, 0) is 31.2 Å². The molecule has 1 aromatic heterocycles.